The first kappa shape index (κ1) is 20.9. The van der Waals surface area contributed by atoms with Crippen LogP contribution in [0.15, 0.2) is 36.7 Å². The van der Waals surface area contributed by atoms with Crippen LogP contribution in [0.5, 0.6) is 0 Å². The summed E-state index contributed by atoms with van der Waals surface area (Å²) in [7, 11) is 0. The van der Waals surface area contributed by atoms with Crippen LogP contribution in [0.3, 0.4) is 0 Å². The van der Waals surface area contributed by atoms with Gasteiger partial charge in [0, 0.05) is 38.7 Å². The summed E-state index contributed by atoms with van der Waals surface area (Å²) in [5, 5.41) is 3.10. The molecule has 0 radical (unpaired) electrons. The average Bonchev–Trinajstić information content (AvgIpc) is 2.86. The zero-order valence-corrected chi connectivity index (χ0v) is 18.2. The molecule has 3 aliphatic heterocycles. The van der Waals surface area contributed by atoms with Gasteiger partial charge in [0.1, 0.15) is 5.82 Å². The number of aromatic nitrogens is 2. The maximum atomic E-state index is 13.6. The first-order chi connectivity index (χ1) is 15.7. The lowest BCUT2D eigenvalue weighted by Crippen LogP contribution is -2.44. The largest absolute Gasteiger partial charge is 0.381 e. The second-order valence-electron chi connectivity index (χ2n) is 8.77. The predicted octanol–water partition coefficient (Wildman–Crippen LogP) is 3.03. The summed E-state index contributed by atoms with van der Waals surface area (Å²) in [6.45, 7) is 3.03. The van der Waals surface area contributed by atoms with Crippen molar-refractivity contribution in [3.05, 3.63) is 47.9 Å². The van der Waals surface area contributed by atoms with Crippen molar-refractivity contribution in [1.82, 2.24) is 14.9 Å². The molecule has 5 rings (SSSR count). The summed E-state index contributed by atoms with van der Waals surface area (Å²) in [6.07, 6.45) is 8.24. The minimum atomic E-state index is -0.0558. The highest BCUT2D eigenvalue weighted by molar-refractivity contribution is 6.04. The van der Waals surface area contributed by atoms with E-state index in [-0.39, 0.29) is 24.4 Å². The monoisotopic (exact) mass is 435 g/mol. The highest BCUT2D eigenvalue weighted by Gasteiger charge is 2.32. The molecule has 2 amide bonds. The van der Waals surface area contributed by atoms with E-state index in [1.54, 1.807) is 17.3 Å². The molecule has 0 aliphatic carbocycles. The molecule has 8 heteroatoms. The maximum Gasteiger partial charge on any atom is 0.256 e. The lowest BCUT2D eigenvalue weighted by atomic mass is 9.97. The number of pyridine rings is 2. The van der Waals surface area contributed by atoms with E-state index in [0.29, 0.717) is 36.1 Å². The van der Waals surface area contributed by atoms with Crippen LogP contribution in [0.25, 0.3) is 0 Å². The van der Waals surface area contributed by atoms with Gasteiger partial charge < -0.3 is 19.9 Å². The van der Waals surface area contributed by atoms with E-state index < -0.39 is 0 Å². The molecule has 1 N–H and O–H groups in total. The molecule has 168 valence electrons. The number of nitrogens with one attached hydrogen (secondary N) is 1. The van der Waals surface area contributed by atoms with Gasteiger partial charge in [-0.05, 0) is 56.2 Å². The quantitative estimate of drug-likeness (QED) is 0.794. The number of ether oxygens (including phenoxy) is 1. The minimum absolute atomic E-state index is 0.0136. The van der Waals surface area contributed by atoms with Gasteiger partial charge in [-0.15, -0.1) is 0 Å². The Hall–Kier alpha value is -3.00. The number of piperidine rings is 1. The molecule has 3 aliphatic rings. The van der Waals surface area contributed by atoms with Crippen LogP contribution in [0.4, 0.5) is 11.5 Å². The van der Waals surface area contributed by atoms with E-state index in [1.165, 1.54) is 0 Å². The van der Waals surface area contributed by atoms with Gasteiger partial charge in [-0.25, -0.2) is 4.98 Å². The average molecular weight is 436 g/mol. The van der Waals surface area contributed by atoms with Crippen molar-refractivity contribution in [3.8, 4) is 0 Å². The topological polar surface area (TPSA) is 87.7 Å². The zero-order valence-electron chi connectivity index (χ0n) is 18.2. The second kappa shape index (κ2) is 9.24. The molecule has 32 heavy (non-hydrogen) atoms. The molecular formula is C24H29N5O3. The van der Waals surface area contributed by atoms with Crippen LogP contribution < -0.4 is 10.2 Å². The second-order valence-corrected chi connectivity index (χ2v) is 8.77. The summed E-state index contributed by atoms with van der Waals surface area (Å²) in [6, 6.07) is 7.64. The highest BCUT2D eigenvalue weighted by atomic mass is 16.5. The first-order valence-electron chi connectivity index (χ1n) is 11.5. The van der Waals surface area contributed by atoms with Crippen molar-refractivity contribution < 1.29 is 14.3 Å². The van der Waals surface area contributed by atoms with Crippen LogP contribution >= 0.6 is 0 Å². The molecular weight excluding hydrogens is 406 g/mol. The number of hydrogen-bond donors (Lipinski definition) is 1. The lowest BCUT2D eigenvalue weighted by Gasteiger charge is -2.36. The van der Waals surface area contributed by atoms with Crippen molar-refractivity contribution in [3.63, 3.8) is 0 Å². The third kappa shape index (κ3) is 4.19. The van der Waals surface area contributed by atoms with Crippen molar-refractivity contribution in [2.24, 2.45) is 5.92 Å². The van der Waals surface area contributed by atoms with Crippen LogP contribution in [-0.4, -0.2) is 59.5 Å². The van der Waals surface area contributed by atoms with Gasteiger partial charge in [0.2, 0.25) is 5.91 Å². The number of nitrogens with zero attached hydrogens (tertiary/aromatic N) is 4. The predicted molar refractivity (Wildman–Crippen MR) is 120 cm³/mol. The van der Waals surface area contributed by atoms with E-state index in [9.17, 15) is 9.59 Å². The van der Waals surface area contributed by atoms with E-state index in [4.69, 9.17) is 4.74 Å². The third-order valence-electron chi connectivity index (χ3n) is 6.69. The molecule has 0 bridgehead atoms. The van der Waals surface area contributed by atoms with E-state index in [1.807, 2.05) is 29.2 Å². The van der Waals surface area contributed by atoms with Crippen LogP contribution in [0.1, 0.15) is 54.2 Å². The molecule has 0 saturated carbocycles. The minimum Gasteiger partial charge on any atom is -0.381 e. The molecule has 0 spiro atoms. The molecule has 2 saturated heterocycles. The Morgan fingerprint density at radius 1 is 1.16 bits per heavy atom. The van der Waals surface area contributed by atoms with Gasteiger partial charge in [-0.2, -0.15) is 0 Å². The van der Waals surface area contributed by atoms with Gasteiger partial charge in [0.05, 0.1) is 29.5 Å². The van der Waals surface area contributed by atoms with Gasteiger partial charge in [-0.3, -0.25) is 14.6 Å². The Kier molecular flexibility index (Phi) is 6.03. The van der Waals surface area contributed by atoms with Crippen molar-refractivity contribution in [1.29, 1.82) is 0 Å². The molecule has 1 atom stereocenters. The number of likely N-dealkylation sites (tertiary alicyclic amines) is 1. The SMILES string of the molecule is O=C1CNc2ncc(C(=O)N3CCCCC3c3ccccn3)cc2N1CC1CCOCC1. The molecule has 8 nitrogen and oxygen atoms in total. The fraction of sp³-hybridized carbons (Fsp3) is 0.500. The summed E-state index contributed by atoms with van der Waals surface area (Å²) >= 11 is 0. The number of carbonyl (C=O) groups is 2. The lowest BCUT2D eigenvalue weighted by molar-refractivity contribution is -0.117. The third-order valence-corrected chi connectivity index (χ3v) is 6.69. The smallest absolute Gasteiger partial charge is 0.256 e. The van der Waals surface area contributed by atoms with E-state index in [2.05, 4.69) is 15.3 Å². The number of hydrogen-bond acceptors (Lipinski definition) is 6. The Balaban J connectivity index is 1.41. The number of anilines is 2. The number of rotatable bonds is 4. The summed E-state index contributed by atoms with van der Waals surface area (Å²) in [5.41, 5.74) is 2.13. The van der Waals surface area contributed by atoms with Gasteiger partial charge >= 0.3 is 0 Å². The van der Waals surface area contributed by atoms with Crippen LogP contribution in [-0.2, 0) is 9.53 Å². The summed E-state index contributed by atoms with van der Waals surface area (Å²) in [4.78, 5) is 39.1. The molecule has 5 heterocycles. The van der Waals surface area contributed by atoms with Crippen molar-refractivity contribution >= 4 is 23.3 Å². The molecule has 1 unspecified atom stereocenters. The fourth-order valence-electron chi connectivity index (χ4n) is 4.91. The van der Waals surface area contributed by atoms with E-state index >= 15 is 0 Å². The molecule has 2 aromatic rings. The normalized spacial score (nSPS) is 21.8. The molecule has 0 aromatic carbocycles. The Morgan fingerprint density at radius 3 is 2.84 bits per heavy atom. The summed E-state index contributed by atoms with van der Waals surface area (Å²) < 4.78 is 5.47. The Morgan fingerprint density at radius 2 is 2.03 bits per heavy atom. The number of carbonyl (C=O) groups excluding carboxylic acids is 2. The first-order valence-corrected chi connectivity index (χ1v) is 11.5. The Labute approximate surface area is 188 Å². The van der Waals surface area contributed by atoms with Crippen LogP contribution in [0, 0.1) is 5.92 Å². The molecule has 2 aromatic heterocycles. The van der Waals surface area contributed by atoms with Crippen molar-refractivity contribution in [2.45, 2.75) is 38.1 Å². The van der Waals surface area contributed by atoms with Gasteiger partial charge in [0.15, 0.2) is 0 Å². The zero-order chi connectivity index (χ0) is 21.9. The number of amides is 2. The van der Waals surface area contributed by atoms with E-state index in [0.717, 1.165) is 51.0 Å². The summed E-state index contributed by atoms with van der Waals surface area (Å²) in [5.74, 6) is 1.01. The fourth-order valence-corrected chi connectivity index (χ4v) is 4.91. The van der Waals surface area contributed by atoms with Gasteiger partial charge in [0.25, 0.3) is 5.91 Å². The van der Waals surface area contributed by atoms with Gasteiger partial charge in [-0.1, -0.05) is 6.07 Å². The maximum absolute atomic E-state index is 13.6. The standard InChI is InChI=1S/C24H29N5O3/c30-22-15-27-23-21(29(22)16-17-7-11-32-12-8-17)13-18(14-26-23)24(31)28-10-4-2-6-20(28)19-5-1-3-9-25-19/h1,3,5,9,13-14,17,20H,2,4,6-8,10-12,15-16H2,(H,26,27). The van der Waals surface area contributed by atoms with Crippen LogP contribution in [0.2, 0.25) is 0 Å². The highest BCUT2D eigenvalue weighted by Crippen LogP contribution is 2.34. The number of fused-ring (bicyclic) bond motifs is 1. The molecule has 2 fully saturated rings. The Bertz CT molecular complexity index is 977. The van der Waals surface area contributed by atoms with Crippen molar-refractivity contribution in [2.75, 3.05) is 43.1 Å².